The van der Waals surface area contributed by atoms with Gasteiger partial charge in [0.2, 0.25) is 5.91 Å². The van der Waals surface area contributed by atoms with E-state index in [1.165, 1.54) is 6.07 Å². The lowest BCUT2D eigenvalue weighted by atomic mass is 10.2. The molecule has 0 radical (unpaired) electrons. The van der Waals surface area contributed by atoms with E-state index in [1.807, 2.05) is 0 Å². The van der Waals surface area contributed by atoms with Crippen LogP contribution in [0.2, 0.25) is 5.02 Å². The van der Waals surface area contributed by atoms with E-state index in [-0.39, 0.29) is 11.8 Å². The maximum Gasteiger partial charge on any atom is 0.251 e. The van der Waals surface area contributed by atoms with Gasteiger partial charge in [0, 0.05) is 24.6 Å². The Morgan fingerprint density at radius 1 is 1.35 bits per heavy atom. The molecule has 0 unspecified atom stereocenters. The van der Waals surface area contributed by atoms with Gasteiger partial charge in [-0.3, -0.25) is 9.59 Å². The Bertz CT molecular complexity index is 515. The first kappa shape index (κ1) is 14.7. The molecule has 0 bridgehead atoms. The number of carbonyl (C=O) groups excluding carboxylic acids is 2. The van der Waals surface area contributed by atoms with Crippen molar-refractivity contribution in [2.45, 2.75) is 31.7 Å². The summed E-state index contributed by atoms with van der Waals surface area (Å²) >= 11 is 5.79. The van der Waals surface area contributed by atoms with Crippen molar-refractivity contribution < 1.29 is 9.59 Å². The van der Waals surface area contributed by atoms with Gasteiger partial charge >= 0.3 is 0 Å². The Balaban J connectivity index is 1.68. The second kappa shape index (κ2) is 6.61. The van der Waals surface area contributed by atoms with Crippen molar-refractivity contribution in [2.24, 2.45) is 0 Å². The van der Waals surface area contributed by atoms with Gasteiger partial charge in [-0.15, -0.1) is 0 Å². The first-order chi connectivity index (χ1) is 9.56. The first-order valence-corrected chi connectivity index (χ1v) is 7.06. The third kappa shape index (κ3) is 4.42. The number of nitrogen functional groups attached to an aromatic ring is 1. The number of rotatable bonds is 6. The van der Waals surface area contributed by atoms with Crippen molar-refractivity contribution in [2.75, 3.05) is 12.3 Å². The highest BCUT2D eigenvalue weighted by Crippen LogP contribution is 2.19. The van der Waals surface area contributed by atoms with Gasteiger partial charge in [0.15, 0.2) is 0 Å². The van der Waals surface area contributed by atoms with Crippen LogP contribution >= 0.6 is 11.6 Å². The fourth-order valence-corrected chi connectivity index (χ4v) is 1.88. The Hall–Kier alpha value is -1.75. The zero-order chi connectivity index (χ0) is 14.5. The number of hydrogen-bond acceptors (Lipinski definition) is 3. The first-order valence-electron chi connectivity index (χ1n) is 6.69. The number of hydrogen-bond donors (Lipinski definition) is 3. The number of anilines is 1. The highest BCUT2D eigenvalue weighted by molar-refractivity contribution is 6.33. The molecule has 1 saturated carbocycles. The number of benzene rings is 1. The van der Waals surface area contributed by atoms with E-state index in [0.717, 1.165) is 12.8 Å². The average Bonchev–Trinajstić information content (AvgIpc) is 3.21. The Kier molecular flexibility index (Phi) is 4.84. The minimum atomic E-state index is -0.212. The van der Waals surface area contributed by atoms with Crippen LogP contribution in [0, 0.1) is 0 Å². The highest BCUT2D eigenvalue weighted by Gasteiger charge is 2.22. The van der Waals surface area contributed by atoms with Crippen LogP contribution in [0.1, 0.15) is 36.0 Å². The summed E-state index contributed by atoms with van der Waals surface area (Å²) < 4.78 is 0. The lowest BCUT2D eigenvalue weighted by Gasteiger charge is -2.07. The molecule has 1 fully saturated rings. The van der Waals surface area contributed by atoms with E-state index < -0.39 is 0 Å². The SMILES string of the molecule is Nc1cc(C(=O)NCCCC(=O)NC2CC2)ccc1Cl. The fourth-order valence-electron chi connectivity index (χ4n) is 1.77. The molecule has 1 aliphatic rings. The Labute approximate surface area is 122 Å². The van der Waals surface area contributed by atoms with Gasteiger partial charge in [-0.2, -0.15) is 0 Å². The third-order valence-electron chi connectivity index (χ3n) is 3.07. The molecule has 1 aliphatic carbocycles. The molecule has 20 heavy (non-hydrogen) atoms. The molecule has 4 N–H and O–H groups in total. The molecule has 5 nitrogen and oxygen atoms in total. The minimum absolute atomic E-state index is 0.0532. The van der Waals surface area contributed by atoms with Crippen LogP contribution in [-0.4, -0.2) is 24.4 Å². The maximum atomic E-state index is 11.8. The molecule has 2 rings (SSSR count). The van der Waals surface area contributed by atoms with Gasteiger partial charge in [-0.1, -0.05) is 11.6 Å². The molecular weight excluding hydrogens is 278 g/mol. The van der Waals surface area contributed by atoms with E-state index >= 15 is 0 Å². The minimum Gasteiger partial charge on any atom is -0.398 e. The van der Waals surface area contributed by atoms with Gasteiger partial charge in [0.05, 0.1) is 10.7 Å². The number of amides is 2. The second-order valence-corrected chi connectivity index (χ2v) is 5.34. The van der Waals surface area contributed by atoms with Gasteiger partial charge in [-0.05, 0) is 37.5 Å². The van der Waals surface area contributed by atoms with Crippen LogP contribution in [0.3, 0.4) is 0 Å². The molecule has 108 valence electrons. The average molecular weight is 296 g/mol. The van der Waals surface area contributed by atoms with Gasteiger partial charge in [-0.25, -0.2) is 0 Å². The lowest BCUT2D eigenvalue weighted by Crippen LogP contribution is -2.28. The van der Waals surface area contributed by atoms with E-state index in [1.54, 1.807) is 12.1 Å². The highest BCUT2D eigenvalue weighted by atomic mass is 35.5. The number of carbonyl (C=O) groups is 2. The number of halogens is 1. The van der Waals surface area contributed by atoms with Crippen LogP contribution in [0.4, 0.5) is 5.69 Å². The molecule has 0 saturated heterocycles. The van der Waals surface area contributed by atoms with E-state index in [0.29, 0.717) is 41.7 Å². The zero-order valence-electron chi connectivity index (χ0n) is 11.1. The van der Waals surface area contributed by atoms with Crippen LogP contribution in [-0.2, 0) is 4.79 Å². The van der Waals surface area contributed by atoms with Crippen molar-refractivity contribution in [3.05, 3.63) is 28.8 Å². The van der Waals surface area contributed by atoms with Crippen molar-refractivity contribution in [3.8, 4) is 0 Å². The molecule has 0 heterocycles. The molecule has 0 atom stereocenters. The molecule has 6 heteroatoms. The molecule has 0 aromatic heterocycles. The topological polar surface area (TPSA) is 84.2 Å². The number of nitrogens with two attached hydrogens (primary N) is 1. The number of nitrogens with one attached hydrogen (secondary N) is 2. The van der Waals surface area contributed by atoms with E-state index in [2.05, 4.69) is 10.6 Å². The van der Waals surface area contributed by atoms with Crippen LogP contribution in [0.25, 0.3) is 0 Å². The Morgan fingerprint density at radius 3 is 2.75 bits per heavy atom. The maximum absolute atomic E-state index is 11.8. The predicted octanol–water partition coefficient (Wildman–Crippen LogP) is 1.71. The summed E-state index contributed by atoms with van der Waals surface area (Å²) in [6.07, 6.45) is 3.22. The summed E-state index contributed by atoms with van der Waals surface area (Å²) in [6.45, 7) is 0.458. The standard InChI is InChI=1S/C14H18ClN3O2/c15-11-6-3-9(8-12(11)16)14(20)17-7-1-2-13(19)18-10-4-5-10/h3,6,8,10H,1-2,4-5,7,16H2,(H,17,20)(H,18,19). The molecule has 0 aliphatic heterocycles. The fraction of sp³-hybridized carbons (Fsp3) is 0.429. The summed E-state index contributed by atoms with van der Waals surface area (Å²) in [5.41, 5.74) is 6.49. The van der Waals surface area contributed by atoms with Gasteiger partial charge in [0.25, 0.3) is 5.91 Å². The normalized spacial score (nSPS) is 13.8. The quantitative estimate of drug-likeness (QED) is 0.552. The molecule has 0 spiro atoms. The smallest absolute Gasteiger partial charge is 0.251 e. The van der Waals surface area contributed by atoms with Crippen LogP contribution < -0.4 is 16.4 Å². The van der Waals surface area contributed by atoms with E-state index in [4.69, 9.17) is 17.3 Å². The molecule has 1 aromatic rings. The van der Waals surface area contributed by atoms with Crippen molar-refractivity contribution >= 4 is 29.1 Å². The lowest BCUT2D eigenvalue weighted by molar-refractivity contribution is -0.121. The molecule has 2 amide bonds. The van der Waals surface area contributed by atoms with Crippen LogP contribution in [0.5, 0.6) is 0 Å². The van der Waals surface area contributed by atoms with Gasteiger partial charge in [0.1, 0.15) is 0 Å². The molecular formula is C14H18ClN3O2. The van der Waals surface area contributed by atoms with Gasteiger partial charge < -0.3 is 16.4 Å². The largest absolute Gasteiger partial charge is 0.398 e. The summed E-state index contributed by atoms with van der Waals surface area (Å²) in [6, 6.07) is 5.13. The second-order valence-electron chi connectivity index (χ2n) is 4.94. The predicted molar refractivity (Wildman–Crippen MR) is 78.6 cm³/mol. The monoisotopic (exact) mass is 295 g/mol. The van der Waals surface area contributed by atoms with Crippen molar-refractivity contribution in [3.63, 3.8) is 0 Å². The Morgan fingerprint density at radius 2 is 2.10 bits per heavy atom. The molecule has 1 aromatic carbocycles. The third-order valence-corrected chi connectivity index (χ3v) is 3.41. The van der Waals surface area contributed by atoms with Crippen molar-refractivity contribution in [1.82, 2.24) is 10.6 Å². The summed E-state index contributed by atoms with van der Waals surface area (Å²) in [5, 5.41) is 6.09. The van der Waals surface area contributed by atoms with Crippen LogP contribution in [0.15, 0.2) is 18.2 Å². The summed E-state index contributed by atoms with van der Waals surface area (Å²) in [5.74, 6) is -0.159. The van der Waals surface area contributed by atoms with Crippen molar-refractivity contribution in [1.29, 1.82) is 0 Å². The summed E-state index contributed by atoms with van der Waals surface area (Å²) in [7, 11) is 0. The summed E-state index contributed by atoms with van der Waals surface area (Å²) in [4.78, 5) is 23.3. The zero-order valence-corrected chi connectivity index (χ0v) is 11.9. The van der Waals surface area contributed by atoms with E-state index in [9.17, 15) is 9.59 Å².